The van der Waals surface area contributed by atoms with Crippen LogP contribution in [-0.2, 0) is 9.53 Å². The number of ether oxygens (including phenoxy) is 1. The Labute approximate surface area is 92.2 Å². The van der Waals surface area contributed by atoms with Gasteiger partial charge in [0.05, 0.1) is 12.6 Å². The molecule has 1 saturated heterocycles. The van der Waals surface area contributed by atoms with E-state index in [-0.39, 0.29) is 19.6 Å². The second kappa shape index (κ2) is 5.66. The second-order valence-corrected chi connectivity index (χ2v) is 3.59. The highest BCUT2D eigenvalue weighted by Gasteiger charge is 2.40. The third kappa shape index (κ3) is 3.07. The first-order valence-electron chi connectivity index (χ1n) is 5.01. The third-order valence-electron chi connectivity index (χ3n) is 2.45. The summed E-state index contributed by atoms with van der Waals surface area (Å²) in [5.74, 6) is -1.16. The fourth-order valence-corrected chi connectivity index (χ4v) is 1.68. The number of hydrogen-bond donors (Lipinski definition) is 3. The normalized spacial score (nSPS) is 24.7. The Morgan fingerprint density at radius 3 is 2.50 bits per heavy atom. The zero-order valence-electron chi connectivity index (χ0n) is 8.70. The molecular weight excluding hydrogens is 218 g/mol. The smallest absolute Gasteiger partial charge is 0.408 e. The van der Waals surface area contributed by atoms with Crippen molar-refractivity contribution < 1.29 is 29.6 Å². The Balaban J connectivity index is 2.48. The van der Waals surface area contributed by atoms with E-state index in [2.05, 4.69) is 0 Å². The Morgan fingerprint density at radius 2 is 2.06 bits per heavy atom. The molecule has 0 aromatic rings. The molecule has 0 spiro atoms. The minimum absolute atomic E-state index is 0.00226. The van der Waals surface area contributed by atoms with E-state index in [1.807, 2.05) is 0 Å². The van der Waals surface area contributed by atoms with Crippen LogP contribution in [0.25, 0.3) is 0 Å². The van der Waals surface area contributed by atoms with Crippen molar-refractivity contribution in [1.82, 2.24) is 4.90 Å². The van der Waals surface area contributed by atoms with Gasteiger partial charge in [0.25, 0.3) is 0 Å². The third-order valence-corrected chi connectivity index (χ3v) is 2.45. The monoisotopic (exact) mass is 233 g/mol. The number of aliphatic hydroxyl groups excluding tert-OH is 1. The average Bonchev–Trinajstić information content (AvgIpc) is 2.62. The summed E-state index contributed by atoms with van der Waals surface area (Å²) in [7, 11) is 0. The van der Waals surface area contributed by atoms with E-state index in [9.17, 15) is 9.59 Å². The molecule has 1 unspecified atom stereocenters. The maximum atomic E-state index is 10.8. The van der Waals surface area contributed by atoms with E-state index in [0.717, 1.165) is 4.90 Å². The molecule has 0 aliphatic carbocycles. The van der Waals surface area contributed by atoms with E-state index < -0.39 is 24.2 Å². The molecule has 0 radical (unpaired) electrons. The van der Waals surface area contributed by atoms with Gasteiger partial charge in [-0.05, 0) is 6.42 Å². The second-order valence-electron chi connectivity index (χ2n) is 3.59. The van der Waals surface area contributed by atoms with Gasteiger partial charge in [0.15, 0.2) is 0 Å². The fourth-order valence-electron chi connectivity index (χ4n) is 1.68. The van der Waals surface area contributed by atoms with Gasteiger partial charge in [-0.1, -0.05) is 0 Å². The summed E-state index contributed by atoms with van der Waals surface area (Å²) >= 11 is 0. The molecule has 0 saturated carbocycles. The van der Waals surface area contributed by atoms with Crippen molar-refractivity contribution in [2.75, 3.05) is 19.8 Å². The van der Waals surface area contributed by atoms with Crippen LogP contribution < -0.4 is 0 Å². The van der Waals surface area contributed by atoms with Crippen LogP contribution >= 0.6 is 0 Å². The van der Waals surface area contributed by atoms with Crippen LogP contribution in [0.3, 0.4) is 0 Å². The predicted molar refractivity (Wildman–Crippen MR) is 52.2 cm³/mol. The van der Waals surface area contributed by atoms with Gasteiger partial charge in [-0.2, -0.15) is 0 Å². The first-order valence-corrected chi connectivity index (χ1v) is 5.01. The minimum Gasteiger partial charge on any atom is -0.480 e. The number of amides is 1. The fraction of sp³-hybridized carbons (Fsp3) is 0.778. The van der Waals surface area contributed by atoms with E-state index >= 15 is 0 Å². The van der Waals surface area contributed by atoms with Gasteiger partial charge in [-0.3, -0.25) is 4.90 Å². The minimum atomic E-state index is -1.25. The van der Waals surface area contributed by atoms with Crippen molar-refractivity contribution >= 4 is 12.1 Å². The molecular formula is C9H15NO6. The van der Waals surface area contributed by atoms with Gasteiger partial charge < -0.3 is 20.1 Å². The number of carboxylic acids is 1. The lowest BCUT2D eigenvalue weighted by atomic mass is 10.2. The molecule has 92 valence electrons. The number of carbonyl (C=O) groups is 2. The molecule has 0 aromatic heterocycles. The van der Waals surface area contributed by atoms with Crippen LogP contribution in [0, 0.1) is 0 Å². The van der Waals surface area contributed by atoms with Gasteiger partial charge in [0.2, 0.25) is 0 Å². The number of aliphatic carboxylic acids is 1. The topological polar surface area (TPSA) is 107 Å². The van der Waals surface area contributed by atoms with Crippen molar-refractivity contribution in [2.24, 2.45) is 0 Å². The molecule has 1 aliphatic rings. The average molecular weight is 233 g/mol. The van der Waals surface area contributed by atoms with E-state index in [0.29, 0.717) is 13.0 Å². The van der Waals surface area contributed by atoms with Crippen LogP contribution in [0.5, 0.6) is 0 Å². The molecule has 16 heavy (non-hydrogen) atoms. The number of aliphatic hydroxyl groups is 1. The van der Waals surface area contributed by atoms with E-state index in [1.165, 1.54) is 0 Å². The Hall–Kier alpha value is -1.34. The zero-order valence-corrected chi connectivity index (χ0v) is 8.70. The summed E-state index contributed by atoms with van der Waals surface area (Å²) in [5.41, 5.74) is 0. The first kappa shape index (κ1) is 12.7. The molecule has 1 fully saturated rings. The zero-order chi connectivity index (χ0) is 12.1. The van der Waals surface area contributed by atoms with E-state index in [1.54, 1.807) is 0 Å². The lowest BCUT2D eigenvalue weighted by molar-refractivity contribution is -0.141. The van der Waals surface area contributed by atoms with E-state index in [4.69, 9.17) is 20.1 Å². The Kier molecular flexibility index (Phi) is 4.51. The predicted octanol–water partition coefficient (Wildman–Crippen LogP) is -0.409. The Morgan fingerprint density at radius 1 is 1.38 bits per heavy atom. The lowest BCUT2D eigenvalue weighted by Gasteiger charge is -2.16. The van der Waals surface area contributed by atoms with Crippen molar-refractivity contribution in [3.63, 3.8) is 0 Å². The molecule has 1 heterocycles. The maximum Gasteiger partial charge on any atom is 0.408 e. The number of likely N-dealkylation sites (tertiary alicyclic amines) is 1. The molecule has 7 heteroatoms. The van der Waals surface area contributed by atoms with Crippen molar-refractivity contribution in [3.8, 4) is 0 Å². The largest absolute Gasteiger partial charge is 0.480 e. The molecule has 7 nitrogen and oxygen atoms in total. The number of carboxylic acid groups (broad SMARTS) is 2. The summed E-state index contributed by atoms with van der Waals surface area (Å²) in [5, 5.41) is 26.2. The van der Waals surface area contributed by atoms with Gasteiger partial charge >= 0.3 is 12.1 Å². The molecule has 0 aromatic carbocycles. The van der Waals surface area contributed by atoms with Gasteiger partial charge in [0, 0.05) is 19.6 Å². The highest BCUT2D eigenvalue weighted by molar-refractivity contribution is 5.80. The molecule has 3 N–H and O–H groups in total. The van der Waals surface area contributed by atoms with Crippen molar-refractivity contribution in [1.29, 1.82) is 0 Å². The lowest BCUT2D eigenvalue weighted by Crippen LogP contribution is -2.39. The van der Waals surface area contributed by atoms with Gasteiger partial charge in [-0.15, -0.1) is 0 Å². The highest BCUT2D eigenvalue weighted by atomic mass is 16.5. The Bertz CT molecular complexity index is 247. The van der Waals surface area contributed by atoms with Crippen molar-refractivity contribution in [2.45, 2.75) is 25.0 Å². The van der Waals surface area contributed by atoms with Crippen molar-refractivity contribution in [3.05, 3.63) is 0 Å². The summed E-state index contributed by atoms with van der Waals surface area (Å²) < 4.78 is 5.28. The number of nitrogens with zero attached hydrogens (tertiary/aromatic N) is 1. The quantitative estimate of drug-likeness (QED) is 0.557. The molecule has 1 aliphatic heterocycles. The van der Waals surface area contributed by atoms with Gasteiger partial charge in [-0.25, -0.2) is 9.59 Å². The first-order chi connectivity index (χ1) is 7.56. The summed E-state index contributed by atoms with van der Waals surface area (Å²) in [6.45, 7) is 0.371. The summed E-state index contributed by atoms with van der Waals surface area (Å²) in [6.07, 6.45) is -1.03. The maximum absolute atomic E-state index is 10.8. The molecule has 1 rings (SSSR count). The van der Waals surface area contributed by atoms with Crippen LogP contribution in [-0.4, -0.2) is 64.2 Å². The summed E-state index contributed by atoms with van der Waals surface area (Å²) in [4.78, 5) is 22.4. The number of hydrogen-bond acceptors (Lipinski definition) is 4. The standard InChI is InChI=1S/C9H15NO6/c11-2-1-3-16-6-4-7(8(12)13)10(5-6)9(14)15/h6-7,11H,1-5H2,(H,12,13)(H,14,15)/t6?,7-/m0/s1. The van der Waals surface area contributed by atoms with Crippen LogP contribution in [0.1, 0.15) is 12.8 Å². The van der Waals surface area contributed by atoms with Crippen LogP contribution in [0.4, 0.5) is 4.79 Å². The SMILES string of the molecule is O=C(O)[C@@H]1CC(OCCCO)CN1C(=O)O. The van der Waals surface area contributed by atoms with Gasteiger partial charge in [0.1, 0.15) is 6.04 Å². The molecule has 2 atom stereocenters. The molecule has 1 amide bonds. The van der Waals surface area contributed by atoms with Crippen LogP contribution in [0.15, 0.2) is 0 Å². The summed E-state index contributed by atoms with van der Waals surface area (Å²) in [6, 6.07) is -1.03. The number of rotatable bonds is 5. The molecule has 0 bridgehead atoms. The van der Waals surface area contributed by atoms with Crippen LogP contribution in [0.2, 0.25) is 0 Å². The highest BCUT2D eigenvalue weighted by Crippen LogP contribution is 2.20.